The zero-order valence-electron chi connectivity index (χ0n) is 15.9. The van der Waals surface area contributed by atoms with Gasteiger partial charge in [-0.15, -0.1) is 0 Å². The van der Waals surface area contributed by atoms with E-state index in [0.717, 1.165) is 48.8 Å². The lowest BCUT2D eigenvalue weighted by atomic mass is 10.1. The fourth-order valence-corrected chi connectivity index (χ4v) is 3.40. The first-order valence-corrected chi connectivity index (χ1v) is 9.33. The Kier molecular flexibility index (Phi) is 5.98. The van der Waals surface area contributed by atoms with E-state index in [-0.39, 0.29) is 6.03 Å². The summed E-state index contributed by atoms with van der Waals surface area (Å²) in [6.45, 7) is 6.88. The molecule has 3 rings (SSSR count). The number of urea groups is 1. The number of hydrogen-bond acceptors (Lipinski definition) is 4. The topological polar surface area (TPSA) is 73.5 Å². The Balaban J connectivity index is 1.45. The molecule has 2 N–H and O–H groups in total. The zero-order valence-corrected chi connectivity index (χ0v) is 15.9. The van der Waals surface area contributed by atoms with E-state index in [1.54, 1.807) is 12.0 Å². The predicted molar refractivity (Wildman–Crippen MR) is 103 cm³/mol. The number of amides is 2. The number of benzene rings is 1. The largest absolute Gasteiger partial charge is 0.497 e. The number of carbonyl (C=O) groups is 1. The predicted octanol–water partition coefficient (Wildman–Crippen LogP) is 2.10. The first kappa shape index (κ1) is 18.5. The van der Waals surface area contributed by atoms with Crippen molar-refractivity contribution in [2.75, 3.05) is 46.9 Å². The molecule has 0 aliphatic carbocycles. The highest BCUT2D eigenvalue weighted by Crippen LogP contribution is 2.19. The number of hydrogen-bond donors (Lipinski definition) is 2. The third-order valence-electron chi connectivity index (χ3n) is 5.13. The Bertz CT molecular complexity index is 745. The van der Waals surface area contributed by atoms with Crippen LogP contribution < -0.4 is 10.1 Å². The molecule has 26 heavy (non-hydrogen) atoms. The van der Waals surface area contributed by atoms with Crippen LogP contribution in [-0.4, -0.2) is 72.7 Å². The number of nitrogens with one attached hydrogen (secondary N) is 2. The van der Waals surface area contributed by atoms with Gasteiger partial charge in [-0.05, 0) is 37.6 Å². The zero-order chi connectivity index (χ0) is 18.5. The molecule has 1 aliphatic heterocycles. The van der Waals surface area contributed by atoms with Crippen LogP contribution in [0, 0.1) is 5.92 Å². The molecule has 0 saturated carbocycles. The molecule has 0 spiro atoms. The van der Waals surface area contributed by atoms with E-state index in [1.165, 1.54) is 6.42 Å². The fraction of sp³-hybridized carbons (Fsp3) is 0.579. The Morgan fingerprint density at radius 2 is 2.35 bits per heavy atom. The Labute approximate surface area is 154 Å². The van der Waals surface area contributed by atoms with Crippen molar-refractivity contribution in [3.63, 3.8) is 0 Å². The molecule has 1 aromatic carbocycles. The maximum Gasteiger partial charge on any atom is 0.317 e. The minimum absolute atomic E-state index is 0.0160. The number of aromatic nitrogens is 2. The summed E-state index contributed by atoms with van der Waals surface area (Å²) in [5.74, 6) is 2.25. The lowest BCUT2D eigenvalue weighted by molar-refractivity contribution is 0.207. The second-order valence-electron chi connectivity index (χ2n) is 6.97. The normalized spacial score (nSPS) is 17.6. The number of aromatic amines is 1. The monoisotopic (exact) mass is 359 g/mol. The van der Waals surface area contributed by atoms with Crippen LogP contribution in [0.3, 0.4) is 0 Å². The smallest absolute Gasteiger partial charge is 0.317 e. The highest BCUT2D eigenvalue weighted by molar-refractivity contribution is 5.77. The van der Waals surface area contributed by atoms with Gasteiger partial charge >= 0.3 is 6.03 Å². The van der Waals surface area contributed by atoms with Gasteiger partial charge in [0.2, 0.25) is 0 Å². The maximum atomic E-state index is 12.3. The molecule has 7 nitrogen and oxygen atoms in total. The van der Waals surface area contributed by atoms with Crippen LogP contribution in [0.4, 0.5) is 4.79 Å². The number of rotatable bonds is 7. The summed E-state index contributed by atoms with van der Waals surface area (Å²) >= 11 is 0. The van der Waals surface area contributed by atoms with Gasteiger partial charge in [-0.1, -0.05) is 6.92 Å². The van der Waals surface area contributed by atoms with Crippen LogP contribution in [0.5, 0.6) is 5.75 Å². The van der Waals surface area contributed by atoms with Crippen LogP contribution in [0.25, 0.3) is 11.0 Å². The van der Waals surface area contributed by atoms with Crippen LogP contribution in [-0.2, 0) is 6.42 Å². The van der Waals surface area contributed by atoms with Gasteiger partial charge in [0.1, 0.15) is 11.6 Å². The molecule has 0 radical (unpaired) electrons. The van der Waals surface area contributed by atoms with Crippen molar-refractivity contribution >= 4 is 17.1 Å². The quantitative estimate of drug-likeness (QED) is 0.794. The first-order valence-electron chi connectivity index (χ1n) is 9.33. The standard InChI is InChI=1S/C19H29N5O2/c1-4-24-10-7-14(13-24)12-20-19(25)23(2)9-8-18-21-16-6-5-15(26-3)11-17(16)22-18/h5-6,11,14H,4,7-10,12-13H2,1-3H3,(H,20,25)(H,21,22)/t14-/m0/s1. The van der Waals surface area contributed by atoms with Crippen molar-refractivity contribution < 1.29 is 9.53 Å². The summed E-state index contributed by atoms with van der Waals surface area (Å²) in [5, 5.41) is 3.06. The molecular weight excluding hydrogens is 330 g/mol. The molecule has 2 heterocycles. The van der Waals surface area contributed by atoms with Gasteiger partial charge in [-0.3, -0.25) is 0 Å². The van der Waals surface area contributed by atoms with Crippen molar-refractivity contribution in [1.82, 2.24) is 25.1 Å². The van der Waals surface area contributed by atoms with Crippen molar-refractivity contribution in [1.29, 1.82) is 0 Å². The minimum Gasteiger partial charge on any atom is -0.497 e. The van der Waals surface area contributed by atoms with Gasteiger partial charge in [0.15, 0.2) is 0 Å². The summed E-state index contributed by atoms with van der Waals surface area (Å²) in [6.07, 6.45) is 1.86. The summed E-state index contributed by atoms with van der Waals surface area (Å²) in [4.78, 5) is 24.3. The lowest BCUT2D eigenvalue weighted by Crippen LogP contribution is -2.41. The number of carbonyl (C=O) groups excluding carboxylic acids is 1. The molecule has 7 heteroatoms. The van der Waals surface area contributed by atoms with E-state index >= 15 is 0 Å². The van der Waals surface area contributed by atoms with E-state index in [0.29, 0.717) is 18.9 Å². The average molecular weight is 359 g/mol. The van der Waals surface area contributed by atoms with Crippen LogP contribution in [0.15, 0.2) is 18.2 Å². The molecular formula is C19H29N5O2. The number of imidazole rings is 1. The molecule has 1 aliphatic rings. The molecule has 1 saturated heterocycles. The number of methoxy groups -OCH3 is 1. The van der Waals surface area contributed by atoms with Gasteiger partial charge in [-0.25, -0.2) is 9.78 Å². The summed E-state index contributed by atoms with van der Waals surface area (Å²) in [6, 6.07) is 5.75. The van der Waals surface area contributed by atoms with Crippen molar-refractivity contribution in [2.24, 2.45) is 5.92 Å². The number of nitrogens with zero attached hydrogens (tertiary/aromatic N) is 3. The van der Waals surface area contributed by atoms with Crippen LogP contribution >= 0.6 is 0 Å². The molecule has 1 atom stereocenters. The number of likely N-dealkylation sites (N-methyl/N-ethyl adjacent to an activating group) is 1. The molecule has 1 aromatic heterocycles. The van der Waals surface area contributed by atoms with Gasteiger partial charge in [0.05, 0.1) is 18.1 Å². The molecule has 2 amide bonds. The van der Waals surface area contributed by atoms with Gasteiger partial charge in [0, 0.05) is 39.2 Å². The second-order valence-corrected chi connectivity index (χ2v) is 6.97. The summed E-state index contributed by atoms with van der Waals surface area (Å²) in [7, 11) is 3.48. The van der Waals surface area contributed by atoms with Crippen molar-refractivity contribution in [3.8, 4) is 5.75 Å². The third-order valence-corrected chi connectivity index (χ3v) is 5.13. The fourth-order valence-electron chi connectivity index (χ4n) is 3.40. The molecule has 0 bridgehead atoms. The number of ether oxygens (including phenoxy) is 1. The van der Waals surface area contributed by atoms with E-state index in [4.69, 9.17) is 4.74 Å². The highest BCUT2D eigenvalue weighted by Gasteiger charge is 2.22. The SMILES string of the molecule is CCN1CC[C@@H](CNC(=O)N(C)CCc2nc3ccc(OC)cc3[nH]2)C1. The second kappa shape index (κ2) is 8.40. The van der Waals surface area contributed by atoms with Crippen molar-refractivity contribution in [3.05, 3.63) is 24.0 Å². The number of H-pyrrole nitrogens is 1. The van der Waals surface area contributed by atoms with E-state index < -0.39 is 0 Å². The Morgan fingerprint density at radius 3 is 3.08 bits per heavy atom. The van der Waals surface area contributed by atoms with E-state index in [2.05, 4.69) is 27.1 Å². The molecule has 2 aromatic rings. The van der Waals surface area contributed by atoms with Gasteiger partial charge in [-0.2, -0.15) is 0 Å². The maximum absolute atomic E-state index is 12.3. The van der Waals surface area contributed by atoms with Gasteiger partial charge in [0.25, 0.3) is 0 Å². The van der Waals surface area contributed by atoms with E-state index in [9.17, 15) is 4.79 Å². The molecule has 1 fully saturated rings. The average Bonchev–Trinajstić information content (AvgIpc) is 3.29. The number of fused-ring (bicyclic) bond motifs is 1. The first-order chi connectivity index (χ1) is 12.6. The summed E-state index contributed by atoms with van der Waals surface area (Å²) < 4.78 is 5.23. The highest BCUT2D eigenvalue weighted by atomic mass is 16.5. The molecule has 142 valence electrons. The van der Waals surface area contributed by atoms with Crippen LogP contribution in [0.1, 0.15) is 19.2 Å². The summed E-state index contributed by atoms with van der Waals surface area (Å²) in [5.41, 5.74) is 1.86. The van der Waals surface area contributed by atoms with Gasteiger partial charge < -0.3 is 24.8 Å². The van der Waals surface area contributed by atoms with Crippen molar-refractivity contribution in [2.45, 2.75) is 19.8 Å². The van der Waals surface area contributed by atoms with Crippen LogP contribution in [0.2, 0.25) is 0 Å². The lowest BCUT2D eigenvalue weighted by Gasteiger charge is -2.19. The Hall–Kier alpha value is -2.28. The number of likely N-dealkylation sites (tertiary alicyclic amines) is 1. The minimum atomic E-state index is -0.0160. The third kappa shape index (κ3) is 4.46. The Morgan fingerprint density at radius 1 is 1.50 bits per heavy atom. The molecule has 0 unspecified atom stereocenters. The van der Waals surface area contributed by atoms with E-state index in [1.807, 2.05) is 25.2 Å².